The van der Waals surface area contributed by atoms with E-state index in [4.69, 9.17) is 0 Å². The topological polar surface area (TPSA) is 4.93 Å². The zero-order valence-corrected chi connectivity index (χ0v) is 28.2. The number of hydrogen-bond acceptors (Lipinski definition) is 0. The van der Waals surface area contributed by atoms with Crippen molar-refractivity contribution in [2.24, 2.45) is 0 Å². The van der Waals surface area contributed by atoms with Crippen molar-refractivity contribution in [3.63, 3.8) is 0 Å². The molecule has 1 aromatic heterocycles. The highest BCUT2D eigenvalue weighted by Gasteiger charge is 2.35. The lowest BCUT2D eigenvalue weighted by molar-refractivity contribution is 0.660. The molecule has 0 saturated carbocycles. The molecule has 0 fully saturated rings. The van der Waals surface area contributed by atoms with E-state index in [0.29, 0.717) is 0 Å². The Hall–Kier alpha value is -6.18. The van der Waals surface area contributed by atoms with Crippen molar-refractivity contribution in [3.8, 4) is 50.2 Å². The summed E-state index contributed by atoms with van der Waals surface area (Å²) in [5.41, 5.74) is 16.5. The normalized spacial score (nSPS) is 13.2. The molecule has 1 heterocycles. The Balaban J connectivity index is 1.08. The van der Waals surface area contributed by atoms with Gasteiger partial charge in [-0.15, -0.1) is 0 Å². The molecule has 0 atom stereocenters. The van der Waals surface area contributed by atoms with Gasteiger partial charge in [0.15, 0.2) is 0 Å². The summed E-state index contributed by atoms with van der Waals surface area (Å²) in [6.45, 7) is 4.71. The summed E-state index contributed by atoms with van der Waals surface area (Å²) in [4.78, 5) is 0. The van der Waals surface area contributed by atoms with Gasteiger partial charge < -0.3 is 4.57 Å². The highest BCUT2D eigenvalue weighted by atomic mass is 15.0. The van der Waals surface area contributed by atoms with Crippen molar-refractivity contribution < 1.29 is 0 Å². The molecule has 8 aromatic carbocycles. The molecule has 0 aliphatic heterocycles. The van der Waals surface area contributed by atoms with Crippen molar-refractivity contribution in [2.75, 3.05) is 0 Å². The number of aromatic nitrogens is 1. The molecule has 1 aliphatic carbocycles. The summed E-state index contributed by atoms with van der Waals surface area (Å²) < 4.78 is 2.42. The third-order valence-corrected chi connectivity index (χ3v) is 11.0. The Morgan fingerprint density at radius 1 is 0.360 bits per heavy atom. The van der Waals surface area contributed by atoms with E-state index in [-0.39, 0.29) is 5.41 Å². The average Bonchev–Trinajstić information content (AvgIpc) is 3.62. The minimum Gasteiger partial charge on any atom is -0.309 e. The first-order valence-corrected chi connectivity index (χ1v) is 17.5. The van der Waals surface area contributed by atoms with E-state index < -0.39 is 0 Å². The zero-order valence-electron chi connectivity index (χ0n) is 28.2. The molecule has 0 radical (unpaired) electrons. The molecule has 1 nitrogen and oxygen atoms in total. The van der Waals surface area contributed by atoms with Crippen molar-refractivity contribution >= 4 is 32.6 Å². The van der Waals surface area contributed by atoms with Crippen LogP contribution in [-0.2, 0) is 5.41 Å². The van der Waals surface area contributed by atoms with Gasteiger partial charge in [-0.1, -0.05) is 141 Å². The van der Waals surface area contributed by atoms with Gasteiger partial charge in [0.2, 0.25) is 0 Å². The Labute approximate surface area is 292 Å². The fourth-order valence-electron chi connectivity index (χ4n) is 8.45. The van der Waals surface area contributed by atoms with Gasteiger partial charge in [-0.3, -0.25) is 0 Å². The number of hydrogen-bond donors (Lipinski definition) is 0. The van der Waals surface area contributed by atoms with Crippen molar-refractivity contribution in [3.05, 3.63) is 187 Å². The SMILES string of the molecule is CC1(C)c2ccccc2-c2ccc(-c3ccc4c(c3)c3ccccc3n4-c3ccc(-c4cc(-c5ccccc5)cc5ccccc45)cc3)cc21. The zero-order chi connectivity index (χ0) is 33.4. The second kappa shape index (κ2) is 10.9. The van der Waals surface area contributed by atoms with Crippen LogP contribution in [0.25, 0.3) is 82.8 Å². The first-order chi connectivity index (χ1) is 24.5. The highest BCUT2D eigenvalue weighted by Crippen LogP contribution is 2.49. The maximum Gasteiger partial charge on any atom is 0.0541 e. The van der Waals surface area contributed by atoms with Gasteiger partial charge >= 0.3 is 0 Å². The molecule has 1 aliphatic rings. The van der Waals surface area contributed by atoms with Crippen molar-refractivity contribution in [1.29, 1.82) is 0 Å². The number of nitrogens with zero attached hydrogens (tertiary/aromatic N) is 1. The quantitative estimate of drug-likeness (QED) is 0.181. The molecule has 10 rings (SSSR count). The van der Waals surface area contributed by atoms with Crippen LogP contribution in [0, 0.1) is 0 Å². The largest absolute Gasteiger partial charge is 0.309 e. The lowest BCUT2D eigenvalue weighted by Crippen LogP contribution is -2.14. The van der Waals surface area contributed by atoms with Gasteiger partial charge in [-0.05, 0) is 115 Å². The molecule has 0 N–H and O–H groups in total. The minimum atomic E-state index is -0.0244. The van der Waals surface area contributed by atoms with E-state index in [1.54, 1.807) is 0 Å². The van der Waals surface area contributed by atoms with Gasteiger partial charge in [-0.2, -0.15) is 0 Å². The first kappa shape index (κ1) is 28.8. The molecule has 9 aromatic rings. The van der Waals surface area contributed by atoms with Crippen LogP contribution in [-0.4, -0.2) is 4.57 Å². The summed E-state index contributed by atoms with van der Waals surface area (Å²) in [7, 11) is 0. The summed E-state index contributed by atoms with van der Waals surface area (Å²) in [6, 6.07) is 64.9. The lowest BCUT2D eigenvalue weighted by atomic mass is 9.81. The molecule has 0 unspecified atom stereocenters. The third-order valence-electron chi connectivity index (χ3n) is 11.0. The summed E-state index contributed by atoms with van der Waals surface area (Å²) >= 11 is 0. The molecular formula is C49H35N. The van der Waals surface area contributed by atoms with Crippen LogP contribution < -0.4 is 0 Å². The van der Waals surface area contributed by atoms with Gasteiger partial charge in [0.25, 0.3) is 0 Å². The van der Waals surface area contributed by atoms with Gasteiger partial charge in [-0.25, -0.2) is 0 Å². The van der Waals surface area contributed by atoms with E-state index in [9.17, 15) is 0 Å². The molecule has 1 heteroatoms. The second-order valence-electron chi connectivity index (χ2n) is 14.2. The van der Waals surface area contributed by atoms with Crippen LogP contribution in [0.1, 0.15) is 25.0 Å². The summed E-state index contributed by atoms with van der Waals surface area (Å²) in [6.07, 6.45) is 0. The number of benzene rings is 8. The highest BCUT2D eigenvalue weighted by molar-refractivity contribution is 6.10. The van der Waals surface area contributed by atoms with Crippen LogP contribution in [0.5, 0.6) is 0 Å². The first-order valence-electron chi connectivity index (χ1n) is 17.5. The number of para-hydroxylation sites is 1. The van der Waals surface area contributed by atoms with Crippen LogP contribution in [0.3, 0.4) is 0 Å². The van der Waals surface area contributed by atoms with E-state index in [1.807, 2.05) is 0 Å². The smallest absolute Gasteiger partial charge is 0.0541 e. The van der Waals surface area contributed by atoms with Gasteiger partial charge in [0.05, 0.1) is 11.0 Å². The molecule has 0 spiro atoms. The molecule has 236 valence electrons. The molecule has 0 amide bonds. The van der Waals surface area contributed by atoms with Crippen molar-refractivity contribution in [1.82, 2.24) is 4.57 Å². The van der Waals surface area contributed by atoms with E-state index in [2.05, 4.69) is 194 Å². The van der Waals surface area contributed by atoms with E-state index in [1.165, 1.54) is 88.2 Å². The average molecular weight is 638 g/mol. The minimum absolute atomic E-state index is 0.0244. The monoisotopic (exact) mass is 637 g/mol. The van der Waals surface area contributed by atoms with Gasteiger partial charge in [0.1, 0.15) is 0 Å². The third kappa shape index (κ3) is 4.33. The van der Waals surface area contributed by atoms with E-state index in [0.717, 1.165) is 5.69 Å². The molecule has 50 heavy (non-hydrogen) atoms. The molecular weight excluding hydrogens is 603 g/mol. The Morgan fingerprint density at radius 3 is 1.86 bits per heavy atom. The Kier molecular flexibility index (Phi) is 6.29. The number of fused-ring (bicyclic) bond motifs is 7. The molecule has 0 saturated heterocycles. The maximum atomic E-state index is 2.42. The van der Waals surface area contributed by atoms with Crippen LogP contribution in [0.2, 0.25) is 0 Å². The molecule has 0 bridgehead atoms. The standard InChI is InChI=1S/C49H35N/c1-49(2)45-18-10-8-16-40(45)41-26-22-35(31-46(41)49)34-23-27-48-44(29-34)42-17-9-11-19-47(42)50(48)38-24-20-33(21-25-38)43-30-37(32-12-4-3-5-13-32)28-36-14-6-7-15-39(36)43/h3-31H,1-2H3. The fraction of sp³-hybridized carbons (Fsp3) is 0.0612. The van der Waals surface area contributed by atoms with Crippen LogP contribution >= 0.6 is 0 Å². The number of rotatable bonds is 4. The Morgan fingerprint density at radius 2 is 1.00 bits per heavy atom. The van der Waals surface area contributed by atoms with Crippen molar-refractivity contribution in [2.45, 2.75) is 19.3 Å². The Bertz CT molecular complexity index is 2760. The second-order valence-corrected chi connectivity index (χ2v) is 14.2. The summed E-state index contributed by atoms with van der Waals surface area (Å²) in [5, 5.41) is 5.06. The van der Waals surface area contributed by atoms with Crippen LogP contribution in [0.4, 0.5) is 0 Å². The van der Waals surface area contributed by atoms with Crippen LogP contribution in [0.15, 0.2) is 176 Å². The predicted molar refractivity (Wildman–Crippen MR) is 212 cm³/mol. The summed E-state index contributed by atoms with van der Waals surface area (Å²) in [5.74, 6) is 0. The fourth-order valence-corrected chi connectivity index (χ4v) is 8.45. The van der Waals surface area contributed by atoms with Gasteiger partial charge in [0, 0.05) is 21.9 Å². The maximum absolute atomic E-state index is 2.42. The predicted octanol–water partition coefficient (Wildman–Crippen LogP) is 13.2. The lowest BCUT2D eigenvalue weighted by Gasteiger charge is -2.22. The van der Waals surface area contributed by atoms with E-state index >= 15 is 0 Å².